The third-order valence-electron chi connectivity index (χ3n) is 4.63. The summed E-state index contributed by atoms with van der Waals surface area (Å²) in [5, 5.41) is 2.71. The summed E-state index contributed by atoms with van der Waals surface area (Å²) < 4.78 is 0. The molecule has 2 amide bonds. The Morgan fingerprint density at radius 2 is 1.91 bits per heavy atom. The molecule has 1 aromatic carbocycles. The van der Waals surface area contributed by atoms with Gasteiger partial charge in [-0.15, -0.1) is 0 Å². The molecule has 5 heteroatoms. The monoisotopic (exact) mass is 314 g/mol. The third kappa shape index (κ3) is 3.60. The van der Waals surface area contributed by atoms with Crippen LogP contribution in [0.2, 0.25) is 0 Å². The molecule has 0 radical (unpaired) electrons. The molecular weight excluding hydrogens is 292 g/mol. The van der Waals surface area contributed by atoms with Crippen molar-refractivity contribution in [2.24, 2.45) is 11.8 Å². The molecule has 2 aliphatic rings. The zero-order valence-electron chi connectivity index (χ0n) is 13.3. The molecule has 1 saturated heterocycles. The van der Waals surface area contributed by atoms with E-state index in [0.29, 0.717) is 25.4 Å². The third-order valence-corrected chi connectivity index (χ3v) is 4.63. The van der Waals surface area contributed by atoms with Gasteiger partial charge >= 0.3 is 0 Å². The van der Waals surface area contributed by atoms with Crippen LogP contribution in [-0.4, -0.2) is 35.1 Å². The van der Waals surface area contributed by atoms with Crippen LogP contribution in [0.25, 0.3) is 0 Å². The maximum Gasteiger partial charge on any atom is 0.289 e. The molecular formula is C18H22N2O3. The minimum atomic E-state index is -0.651. The van der Waals surface area contributed by atoms with Gasteiger partial charge in [-0.05, 0) is 30.2 Å². The highest BCUT2D eigenvalue weighted by Crippen LogP contribution is 2.29. The lowest BCUT2D eigenvalue weighted by Gasteiger charge is -2.25. The average molecular weight is 314 g/mol. The molecule has 1 N–H and O–H groups in total. The number of rotatable bonds is 6. The maximum absolute atomic E-state index is 12.5. The lowest BCUT2D eigenvalue weighted by Crippen LogP contribution is -2.47. The highest BCUT2D eigenvalue weighted by molar-refractivity contribution is 6.38. The van der Waals surface area contributed by atoms with E-state index in [0.717, 1.165) is 18.4 Å². The Hall–Kier alpha value is -2.17. The van der Waals surface area contributed by atoms with Crippen LogP contribution in [0.4, 0.5) is 0 Å². The van der Waals surface area contributed by atoms with Crippen LogP contribution in [0, 0.1) is 11.8 Å². The Morgan fingerprint density at radius 1 is 1.22 bits per heavy atom. The molecule has 5 nitrogen and oxygen atoms in total. The van der Waals surface area contributed by atoms with Crippen molar-refractivity contribution >= 4 is 17.6 Å². The summed E-state index contributed by atoms with van der Waals surface area (Å²) in [6.45, 7) is 2.80. The van der Waals surface area contributed by atoms with Gasteiger partial charge in [0.25, 0.3) is 5.91 Å². The number of hydrogen-bond acceptors (Lipinski definition) is 3. The first kappa shape index (κ1) is 15.7. The summed E-state index contributed by atoms with van der Waals surface area (Å²) in [7, 11) is 0. The number of Topliss-reactive ketones (excluding diaryl/α,β-unsaturated/α-hetero) is 1. The second-order valence-electron chi connectivity index (χ2n) is 6.65. The normalized spacial score (nSPS) is 23.9. The van der Waals surface area contributed by atoms with E-state index >= 15 is 0 Å². The Bertz CT molecular complexity index is 610. The topological polar surface area (TPSA) is 66.5 Å². The standard InChI is InChI=1S/C18H22N2O3/c1-12-9-15(21)20(11-14-5-3-2-4-6-14)16(12)17(22)18(23)19-10-13-7-8-13/h2-6,12-13,16H,7-11H2,1H3,(H,19,23)/t12-,16+/m1/s1. The number of likely N-dealkylation sites (tertiary alicyclic amines) is 1. The van der Waals surface area contributed by atoms with Gasteiger partial charge in [0.2, 0.25) is 11.7 Å². The minimum absolute atomic E-state index is 0.0605. The number of amides is 2. The molecule has 0 aromatic heterocycles. The van der Waals surface area contributed by atoms with Gasteiger partial charge in [-0.2, -0.15) is 0 Å². The molecule has 0 unspecified atom stereocenters. The van der Waals surface area contributed by atoms with Gasteiger partial charge in [0.15, 0.2) is 0 Å². The highest BCUT2D eigenvalue weighted by Gasteiger charge is 2.43. The molecule has 1 saturated carbocycles. The van der Waals surface area contributed by atoms with Crippen molar-refractivity contribution in [1.82, 2.24) is 10.2 Å². The second-order valence-corrected chi connectivity index (χ2v) is 6.65. The largest absolute Gasteiger partial charge is 0.349 e. The van der Waals surface area contributed by atoms with Gasteiger partial charge in [-0.3, -0.25) is 14.4 Å². The number of nitrogens with one attached hydrogen (secondary N) is 1. The SMILES string of the molecule is C[C@@H]1CC(=O)N(Cc2ccccc2)[C@@H]1C(=O)C(=O)NCC1CC1. The van der Waals surface area contributed by atoms with E-state index in [1.807, 2.05) is 37.3 Å². The summed E-state index contributed by atoms with van der Waals surface area (Å²) in [5.74, 6) is -0.712. The van der Waals surface area contributed by atoms with Gasteiger partial charge in [0, 0.05) is 19.5 Å². The van der Waals surface area contributed by atoms with Gasteiger partial charge in [-0.25, -0.2) is 0 Å². The van der Waals surface area contributed by atoms with Crippen molar-refractivity contribution in [3.63, 3.8) is 0 Å². The van der Waals surface area contributed by atoms with Crippen LogP contribution in [0.3, 0.4) is 0 Å². The smallest absolute Gasteiger partial charge is 0.289 e. The molecule has 2 atom stereocenters. The van der Waals surface area contributed by atoms with Gasteiger partial charge in [0.05, 0.1) is 0 Å². The van der Waals surface area contributed by atoms with Crippen LogP contribution < -0.4 is 5.32 Å². The number of ketones is 1. The molecule has 0 spiro atoms. The van der Waals surface area contributed by atoms with Crippen molar-refractivity contribution in [2.75, 3.05) is 6.54 Å². The molecule has 1 aliphatic carbocycles. The summed E-state index contributed by atoms with van der Waals surface area (Å²) in [4.78, 5) is 38.4. The summed E-state index contributed by atoms with van der Waals surface area (Å²) in [6, 6.07) is 8.90. The Kier molecular flexibility index (Phi) is 4.46. The minimum Gasteiger partial charge on any atom is -0.349 e. The molecule has 2 fully saturated rings. The van der Waals surface area contributed by atoms with E-state index in [1.54, 1.807) is 4.90 Å². The molecule has 1 aliphatic heterocycles. The van der Waals surface area contributed by atoms with E-state index in [9.17, 15) is 14.4 Å². The van der Waals surface area contributed by atoms with Crippen molar-refractivity contribution in [3.05, 3.63) is 35.9 Å². The maximum atomic E-state index is 12.5. The first-order valence-electron chi connectivity index (χ1n) is 8.21. The fourth-order valence-electron chi connectivity index (χ4n) is 3.11. The van der Waals surface area contributed by atoms with Crippen LogP contribution >= 0.6 is 0 Å². The molecule has 23 heavy (non-hydrogen) atoms. The van der Waals surface area contributed by atoms with Gasteiger partial charge in [-0.1, -0.05) is 37.3 Å². The first-order chi connectivity index (χ1) is 11.1. The number of hydrogen-bond donors (Lipinski definition) is 1. The van der Waals surface area contributed by atoms with E-state index in [4.69, 9.17) is 0 Å². The molecule has 122 valence electrons. The van der Waals surface area contributed by atoms with Crippen LogP contribution in [-0.2, 0) is 20.9 Å². The lowest BCUT2D eigenvalue weighted by molar-refractivity contribution is -0.143. The van der Waals surface area contributed by atoms with Crippen LogP contribution in [0.5, 0.6) is 0 Å². The Balaban J connectivity index is 1.70. The summed E-state index contributed by atoms with van der Waals surface area (Å²) in [5.41, 5.74) is 0.964. The zero-order chi connectivity index (χ0) is 16.4. The van der Waals surface area contributed by atoms with E-state index in [2.05, 4.69) is 5.32 Å². The fraction of sp³-hybridized carbons (Fsp3) is 0.500. The van der Waals surface area contributed by atoms with Crippen LogP contribution in [0.15, 0.2) is 30.3 Å². The average Bonchev–Trinajstić information content (AvgIpc) is 3.32. The summed E-state index contributed by atoms with van der Waals surface area (Å²) in [6.07, 6.45) is 2.55. The van der Waals surface area contributed by atoms with Gasteiger partial charge < -0.3 is 10.2 Å². The first-order valence-corrected chi connectivity index (χ1v) is 8.21. The van der Waals surface area contributed by atoms with Crippen LogP contribution in [0.1, 0.15) is 31.7 Å². The quantitative estimate of drug-likeness (QED) is 0.810. The number of carbonyl (C=O) groups excluding carboxylic acids is 3. The van der Waals surface area contributed by atoms with Crippen molar-refractivity contribution in [3.8, 4) is 0 Å². The predicted octanol–water partition coefficient (Wildman–Crippen LogP) is 1.52. The van der Waals surface area contributed by atoms with E-state index in [-0.39, 0.29) is 11.8 Å². The van der Waals surface area contributed by atoms with Crippen molar-refractivity contribution in [1.29, 1.82) is 0 Å². The number of nitrogens with zero attached hydrogens (tertiary/aromatic N) is 1. The fourth-order valence-corrected chi connectivity index (χ4v) is 3.11. The zero-order valence-corrected chi connectivity index (χ0v) is 13.3. The highest BCUT2D eigenvalue weighted by atomic mass is 16.2. The van der Waals surface area contributed by atoms with Crippen molar-refractivity contribution < 1.29 is 14.4 Å². The molecule has 3 rings (SSSR count). The predicted molar refractivity (Wildman–Crippen MR) is 85.3 cm³/mol. The van der Waals surface area contributed by atoms with E-state index < -0.39 is 17.7 Å². The lowest BCUT2D eigenvalue weighted by atomic mass is 9.98. The Morgan fingerprint density at radius 3 is 2.57 bits per heavy atom. The number of carbonyl (C=O) groups is 3. The molecule has 0 bridgehead atoms. The molecule has 1 heterocycles. The van der Waals surface area contributed by atoms with E-state index in [1.165, 1.54) is 0 Å². The summed E-state index contributed by atoms with van der Waals surface area (Å²) >= 11 is 0. The molecule has 1 aromatic rings. The Labute approximate surface area is 136 Å². The van der Waals surface area contributed by atoms with Gasteiger partial charge in [0.1, 0.15) is 6.04 Å². The van der Waals surface area contributed by atoms with Crippen molar-refractivity contribution in [2.45, 2.75) is 38.8 Å². The number of benzene rings is 1. The second kappa shape index (κ2) is 6.52.